The minimum atomic E-state index is -0.497. The van der Waals surface area contributed by atoms with Crippen LogP contribution in [0.4, 0.5) is 14.5 Å². The molecule has 0 radical (unpaired) electrons. The fraction of sp³-hybridized carbons (Fsp3) is 0.188. The Hall–Kier alpha value is -2.43. The molecule has 0 atom stereocenters. The van der Waals surface area contributed by atoms with E-state index in [1.807, 2.05) is 11.5 Å². The van der Waals surface area contributed by atoms with E-state index >= 15 is 0 Å². The van der Waals surface area contributed by atoms with Crippen LogP contribution in [0.1, 0.15) is 13.3 Å². The van der Waals surface area contributed by atoms with E-state index in [0.717, 1.165) is 6.42 Å². The molecule has 2 N–H and O–H groups in total. The van der Waals surface area contributed by atoms with Crippen molar-refractivity contribution in [3.05, 3.63) is 48.0 Å². The van der Waals surface area contributed by atoms with Crippen molar-refractivity contribution in [3.63, 3.8) is 0 Å². The number of fused-ring (bicyclic) bond motifs is 1. The molecule has 0 fully saturated rings. The number of anilines is 1. The summed E-state index contributed by atoms with van der Waals surface area (Å²) in [5.41, 5.74) is 7.31. The molecular weight excluding hydrogens is 272 g/mol. The Kier molecular flexibility index (Phi) is 3.33. The van der Waals surface area contributed by atoms with Crippen molar-refractivity contribution in [2.45, 2.75) is 19.9 Å². The lowest BCUT2D eigenvalue weighted by molar-refractivity contribution is 0.632. The highest BCUT2D eigenvalue weighted by atomic mass is 19.1. The standard InChI is InChI=1S/C16H15F2N3/c1-2-9-21-13-8-4-7-12(18)15(13)20-16(21)10-5-3-6-11(17)14(10)19/h3-8H,2,9,19H2,1H3. The lowest BCUT2D eigenvalue weighted by Crippen LogP contribution is -2.02. The van der Waals surface area contributed by atoms with Crippen LogP contribution in [0.3, 0.4) is 0 Å². The number of halogens is 2. The smallest absolute Gasteiger partial charge is 0.151 e. The van der Waals surface area contributed by atoms with Crippen LogP contribution in [-0.2, 0) is 6.54 Å². The molecule has 21 heavy (non-hydrogen) atoms. The first kappa shape index (κ1) is 13.5. The van der Waals surface area contributed by atoms with Gasteiger partial charge in [0.2, 0.25) is 0 Å². The van der Waals surface area contributed by atoms with Crippen molar-refractivity contribution in [2.75, 3.05) is 5.73 Å². The molecule has 3 rings (SSSR count). The predicted molar refractivity (Wildman–Crippen MR) is 79.8 cm³/mol. The molecule has 0 aliphatic carbocycles. The lowest BCUT2D eigenvalue weighted by atomic mass is 10.1. The summed E-state index contributed by atoms with van der Waals surface area (Å²) >= 11 is 0. The Morgan fingerprint density at radius 2 is 1.81 bits per heavy atom. The first-order valence-corrected chi connectivity index (χ1v) is 6.82. The Morgan fingerprint density at radius 1 is 1.10 bits per heavy atom. The molecule has 3 nitrogen and oxygen atoms in total. The number of benzene rings is 2. The van der Waals surface area contributed by atoms with Gasteiger partial charge in [-0.05, 0) is 30.7 Å². The third-order valence-corrected chi connectivity index (χ3v) is 3.47. The van der Waals surface area contributed by atoms with Crippen LogP contribution < -0.4 is 5.73 Å². The van der Waals surface area contributed by atoms with Crippen LogP contribution >= 0.6 is 0 Å². The Labute approximate surface area is 121 Å². The van der Waals surface area contributed by atoms with E-state index in [4.69, 9.17) is 5.73 Å². The largest absolute Gasteiger partial charge is 0.396 e. The number of aromatic nitrogens is 2. The van der Waals surface area contributed by atoms with Crippen LogP contribution in [0.25, 0.3) is 22.4 Å². The van der Waals surface area contributed by atoms with Gasteiger partial charge in [0.15, 0.2) is 5.82 Å². The van der Waals surface area contributed by atoms with Gasteiger partial charge in [-0.2, -0.15) is 0 Å². The number of rotatable bonds is 3. The third kappa shape index (κ3) is 2.14. The molecule has 0 bridgehead atoms. The molecule has 108 valence electrons. The molecular formula is C16H15F2N3. The number of nitrogens with two attached hydrogens (primary N) is 1. The van der Waals surface area contributed by atoms with E-state index in [2.05, 4.69) is 4.98 Å². The van der Waals surface area contributed by atoms with Crippen molar-refractivity contribution in [1.82, 2.24) is 9.55 Å². The van der Waals surface area contributed by atoms with Crippen molar-refractivity contribution in [1.29, 1.82) is 0 Å². The van der Waals surface area contributed by atoms with E-state index in [-0.39, 0.29) is 11.2 Å². The average molecular weight is 287 g/mol. The van der Waals surface area contributed by atoms with Gasteiger partial charge in [0.1, 0.15) is 17.2 Å². The van der Waals surface area contributed by atoms with E-state index in [0.29, 0.717) is 23.4 Å². The minimum Gasteiger partial charge on any atom is -0.396 e. The SMILES string of the molecule is CCCn1c(-c2cccc(F)c2N)nc2c(F)cccc21. The molecule has 0 unspecified atom stereocenters. The molecule has 5 heteroatoms. The number of nitrogen functional groups attached to an aromatic ring is 1. The summed E-state index contributed by atoms with van der Waals surface area (Å²) in [5.74, 6) is -0.393. The molecule has 0 saturated heterocycles. The summed E-state index contributed by atoms with van der Waals surface area (Å²) < 4.78 is 29.5. The maximum absolute atomic E-state index is 13.9. The summed E-state index contributed by atoms with van der Waals surface area (Å²) in [6.45, 7) is 2.68. The quantitative estimate of drug-likeness (QED) is 0.741. The van der Waals surface area contributed by atoms with Crippen LogP contribution in [0.5, 0.6) is 0 Å². The summed E-state index contributed by atoms with van der Waals surface area (Å²) in [7, 11) is 0. The summed E-state index contributed by atoms with van der Waals surface area (Å²) in [6.07, 6.45) is 0.851. The van der Waals surface area contributed by atoms with Crippen molar-refractivity contribution in [3.8, 4) is 11.4 Å². The van der Waals surface area contributed by atoms with Crippen LogP contribution in [-0.4, -0.2) is 9.55 Å². The number of para-hydroxylation sites is 2. The van der Waals surface area contributed by atoms with E-state index in [9.17, 15) is 8.78 Å². The first-order valence-electron chi connectivity index (χ1n) is 6.82. The molecule has 0 aliphatic rings. The summed E-state index contributed by atoms with van der Waals surface area (Å²) in [4.78, 5) is 4.34. The lowest BCUT2D eigenvalue weighted by Gasteiger charge is -2.10. The fourth-order valence-corrected chi connectivity index (χ4v) is 2.50. The topological polar surface area (TPSA) is 43.8 Å². The van der Waals surface area contributed by atoms with Gasteiger partial charge in [-0.3, -0.25) is 0 Å². The highest BCUT2D eigenvalue weighted by Gasteiger charge is 2.17. The van der Waals surface area contributed by atoms with Crippen molar-refractivity contribution in [2.24, 2.45) is 0 Å². The van der Waals surface area contributed by atoms with Crippen molar-refractivity contribution >= 4 is 16.7 Å². The predicted octanol–water partition coefficient (Wildman–Crippen LogP) is 3.97. The van der Waals surface area contributed by atoms with Crippen LogP contribution in [0.15, 0.2) is 36.4 Å². The van der Waals surface area contributed by atoms with Gasteiger partial charge >= 0.3 is 0 Å². The second-order valence-electron chi connectivity index (χ2n) is 4.90. The summed E-state index contributed by atoms with van der Waals surface area (Å²) in [5, 5.41) is 0. The number of hydrogen-bond donors (Lipinski definition) is 1. The zero-order chi connectivity index (χ0) is 15.0. The average Bonchev–Trinajstić information content (AvgIpc) is 2.83. The number of nitrogens with zero attached hydrogens (tertiary/aromatic N) is 2. The molecule has 0 aliphatic heterocycles. The molecule has 0 saturated carbocycles. The van der Waals surface area contributed by atoms with E-state index in [1.54, 1.807) is 24.3 Å². The molecule has 3 aromatic rings. The molecule has 1 aromatic heterocycles. The van der Waals surface area contributed by atoms with Crippen molar-refractivity contribution < 1.29 is 8.78 Å². The number of aryl methyl sites for hydroxylation is 1. The minimum absolute atomic E-state index is 0.0329. The summed E-state index contributed by atoms with van der Waals surface area (Å²) in [6, 6.07) is 9.39. The Bertz CT molecular complexity index is 809. The van der Waals surface area contributed by atoms with Gasteiger partial charge in [-0.1, -0.05) is 19.1 Å². The second-order valence-corrected chi connectivity index (χ2v) is 4.90. The highest BCUT2D eigenvalue weighted by molar-refractivity contribution is 5.84. The zero-order valence-corrected chi connectivity index (χ0v) is 11.6. The van der Waals surface area contributed by atoms with E-state index in [1.165, 1.54) is 12.1 Å². The highest BCUT2D eigenvalue weighted by Crippen LogP contribution is 2.31. The second kappa shape index (κ2) is 5.16. The van der Waals surface area contributed by atoms with E-state index < -0.39 is 11.6 Å². The van der Waals surface area contributed by atoms with Gasteiger partial charge in [0, 0.05) is 12.1 Å². The maximum atomic E-state index is 13.9. The van der Waals surface area contributed by atoms with Gasteiger partial charge in [0.25, 0.3) is 0 Å². The van der Waals surface area contributed by atoms with Crippen LogP contribution in [0.2, 0.25) is 0 Å². The monoisotopic (exact) mass is 287 g/mol. The maximum Gasteiger partial charge on any atom is 0.151 e. The van der Waals surface area contributed by atoms with Gasteiger partial charge in [0.05, 0.1) is 11.2 Å². The van der Waals surface area contributed by atoms with Gasteiger partial charge in [-0.15, -0.1) is 0 Å². The van der Waals surface area contributed by atoms with Gasteiger partial charge in [-0.25, -0.2) is 13.8 Å². The third-order valence-electron chi connectivity index (χ3n) is 3.47. The Morgan fingerprint density at radius 3 is 2.57 bits per heavy atom. The normalized spacial score (nSPS) is 11.2. The fourth-order valence-electron chi connectivity index (χ4n) is 2.50. The molecule has 2 aromatic carbocycles. The van der Waals surface area contributed by atoms with Crippen LogP contribution in [0, 0.1) is 11.6 Å². The Balaban J connectivity index is 2.33. The molecule has 1 heterocycles. The number of hydrogen-bond acceptors (Lipinski definition) is 2. The molecule has 0 spiro atoms. The zero-order valence-electron chi connectivity index (χ0n) is 11.6. The van der Waals surface area contributed by atoms with Gasteiger partial charge < -0.3 is 10.3 Å². The number of imidazole rings is 1. The first-order chi connectivity index (χ1) is 10.1. The molecule has 0 amide bonds.